The number of carbonyl (C=O) groups excluding carboxylic acids is 1. The van der Waals surface area contributed by atoms with E-state index in [0.29, 0.717) is 0 Å². The Kier molecular flexibility index (Phi) is 4.56. The summed E-state index contributed by atoms with van der Waals surface area (Å²) in [6.07, 6.45) is 1.60. The van der Waals surface area contributed by atoms with Crippen LogP contribution in [0.1, 0.15) is 41.9 Å². The highest BCUT2D eigenvalue weighted by Gasteiger charge is 2.51. The van der Waals surface area contributed by atoms with Crippen LogP contribution >= 0.6 is 11.3 Å². The van der Waals surface area contributed by atoms with Gasteiger partial charge in [0.05, 0.1) is 22.0 Å². The molecule has 0 spiro atoms. The average Bonchev–Trinajstić information content (AvgIpc) is 3.39. The summed E-state index contributed by atoms with van der Waals surface area (Å²) in [5.74, 6) is -0.271. The molecule has 0 radical (unpaired) electrons. The highest BCUT2D eigenvalue weighted by Crippen LogP contribution is 2.49. The molecule has 1 aliphatic carbocycles. The van der Waals surface area contributed by atoms with E-state index >= 15 is 0 Å². The molecular weight excluding hydrogens is 359 g/mol. The smallest absolute Gasteiger partial charge is 0.231 e. The lowest BCUT2D eigenvalue weighted by Gasteiger charge is -2.19. The molecule has 27 heavy (non-hydrogen) atoms. The fourth-order valence-electron chi connectivity index (χ4n) is 3.46. The molecule has 3 aromatic rings. The molecular formula is C22H21FN2OS. The first-order valence-electron chi connectivity index (χ1n) is 9.09. The van der Waals surface area contributed by atoms with E-state index in [1.807, 2.05) is 44.2 Å². The zero-order chi connectivity index (χ0) is 19.0. The predicted molar refractivity (Wildman–Crippen MR) is 106 cm³/mol. The van der Waals surface area contributed by atoms with Crippen molar-refractivity contribution < 1.29 is 9.18 Å². The Balaban J connectivity index is 1.52. The lowest BCUT2D eigenvalue weighted by atomic mass is 9.94. The Hall–Kier alpha value is -2.53. The average molecular weight is 380 g/mol. The summed E-state index contributed by atoms with van der Waals surface area (Å²) in [6, 6.07) is 16.2. The summed E-state index contributed by atoms with van der Waals surface area (Å²) < 4.78 is 13.2. The second-order valence-corrected chi connectivity index (χ2v) is 8.15. The van der Waals surface area contributed by atoms with Crippen LogP contribution in [0.15, 0.2) is 54.6 Å². The SMILES string of the molecule is Cc1nc(-c2ccccc2)sc1[C@H](C)NC(=O)C1(c2ccc(F)cc2)CC1. The van der Waals surface area contributed by atoms with E-state index in [2.05, 4.69) is 10.3 Å². The second kappa shape index (κ2) is 6.89. The maximum absolute atomic E-state index is 13.2. The Morgan fingerprint density at radius 3 is 2.44 bits per heavy atom. The van der Waals surface area contributed by atoms with E-state index in [0.717, 1.165) is 39.5 Å². The topological polar surface area (TPSA) is 42.0 Å². The van der Waals surface area contributed by atoms with Crippen LogP contribution in [0.25, 0.3) is 10.6 Å². The molecule has 0 aliphatic heterocycles. The molecule has 1 aliphatic rings. The molecule has 1 N–H and O–H groups in total. The van der Waals surface area contributed by atoms with Crippen molar-refractivity contribution in [2.24, 2.45) is 0 Å². The van der Waals surface area contributed by atoms with Crippen LogP contribution in [0.3, 0.4) is 0 Å². The Bertz CT molecular complexity index is 962. The molecule has 1 amide bonds. The number of halogens is 1. The number of carbonyl (C=O) groups is 1. The van der Waals surface area contributed by atoms with Crippen LogP contribution < -0.4 is 5.32 Å². The minimum Gasteiger partial charge on any atom is -0.348 e. The molecule has 0 saturated heterocycles. The van der Waals surface area contributed by atoms with Gasteiger partial charge in [0.1, 0.15) is 10.8 Å². The molecule has 2 aromatic carbocycles. The van der Waals surface area contributed by atoms with Gasteiger partial charge in [0.2, 0.25) is 5.91 Å². The molecule has 5 heteroatoms. The van der Waals surface area contributed by atoms with Gasteiger partial charge in [-0.25, -0.2) is 9.37 Å². The van der Waals surface area contributed by atoms with Crippen molar-refractivity contribution in [3.63, 3.8) is 0 Å². The Morgan fingerprint density at radius 2 is 1.81 bits per heavy atom. The molecule has 1 atom stereocenters. The fourth-order valence-corrected chi connectivity index (χ4v) is 4.53. The van der Waals surface area contributed by atoms with Crippen molar-refractivity contribution in [3.05, 3.63) is 76.5 Å². The number of nitrogens with one attached hydrogen (secondary N) is 1. The van der Waals surface area contributed by atoms with E-state index < -0.39 is 5.41 Å². The summed E-state index contributed by atoms with van der Waals surface area (Å²) in [5, 5.41) is 4.12. The number of amides is 1. The van der Waals surface area contributed by atoms with Gasteiger partial charge < -0.3 is 5.32 Å². The Labute approximate surface area is 162 Å². The molecule has 1 heterocycles. The first-order valence-corrected chi connectivity index (χ1v) is 9.91. The summed E-state index contributed by atoms with van der Waals surface area (Å²) in [4.78, 5) is 18.7. The van der Waals surface area contributed by atoms with Crippen LogP contribution in [-0.2, 0) is 10.2 Å². The maximum Gasteiger partial charge on any atom is 0.231 e. The van der Waals surface area contributed by atoms with Gasteiger partial charge in [0.25, 0.3) is 0 Å². The molecule has 1 fully saturated rings. The third-order valence-electron chi connectivity index (χ3n) is 5.18. The van der Waals surface area contributed by atoms with Crippen molar-refractivity contribution in [3.8, 4) is 10.6 Å². The minimum absolute atomic E-state index is 0.00988. The summed E-state index contributed by atoms with van der Waals surface area (Å²) >= 11 is 1.62. The largest absolute Gasteiger partial charge is 0.348 e. The van der Waals surface area contributed by atoms with E-state index in [9.17, 15) is 9.18 Å². The number of hydrogen-bond donors (Lipinski definition) is 1. The van der Waals surface area contributed by atoms with Gasteiger partial charge in [-0.05, 0) is 44.4 Å². The zero-order valence-corrected chi connectivity index (χ0v) is 16.1. The van der Waals surface area contributed by atoms with Gasteiger partial charge in [-0.15, -0.1) is 11.3 Å². The minimum atomic E-state index is -0.511. The van der Waals surface area contributed by atoms with Crippen LogP contribution in [0, 0.1) is 12.7 Å². The number of benzene rings is 2. The second-order valence-electron chi connectivity index (χ2n) is 7.12. The highest BCUT2D eigenvalue weighted by atomic mass is 32.1. The third-order valence-corrected chi connectivity index (χ3v) is 6.56. The molecule has 0 bridgehead atoms. The predicted octanol–water partition coefficient (Wildman–Crippen LogP) is 5.17. The van der Waals surface area contributed by atoms with Gasteiger partial charge in [0, 0.05) is 5.56 Å². The monoisotopic (exact) mass is 380 g/mol. The zero-order valence-electron chi connectivity index (χ0n) is 15.3. The first-order chi connectivity index (χ1) is 13.0. The van der Waals surface area contributed by atoms with Crippen LogP contribution in [0.5, 0.6) is 0 Å². The van der Waals surface area contributed by atoms with Crippen LogP contribution in [0.2, 0.25) is 0 Å². The number of aromatic nitrogens is 1. The van der Waals surface area contributed by atoms with Gasteiger partial charge in [-0.2, -0.15) is 0 Å². The first kappa shape index (κ1) is 17.9. The molecule has 3 nitrogen and oxygen atoms in total. The van der Waals surface area contributed by atoms with Crippen molar-refractivity contribution in [2.75, 3.05) is 0 Å². The number of aryl methyl sites for hydroxylation is 1. The van der Waals surface area contributed by atoms with E-state index in [4.69, 9.17) is 0 Å². The number of rotatable bonds is 5. The standard InChI is InChI=1S/C22H21FN2OS/c1-14-19(27-20(24-14)16-6-4-3-5-7-16)15(2)25-21(26)22(12-13-22)17-8-10-18(23)11-9-17/h3-11,15H,12-13H2,1-2H3,(H,25,26)/t15-/m0/s1. The molecule has 4 rings (SSSR count). The fraction of sp³-hybridized carbons (Fsp3) is 0.273. The third kappa shape index (κ3) is 3.39. The molecule has 138 valence electrons. The lowest BCUT2D eigenvalue weighted by Crippen LogP contribution is -2.36. The molecule has 0 unspecified atom stereocenters. The highest BCUT2D eigenvalue weighted by molar-refractivity contribution is 7.15. The maximum atomic E-state index is 13.2. The number of thiazole rings is 1. The van der Waals surface area contributed by atoms with Crippen LogP contribution in [0.4, 0.5) is 4.39 Å². The Morgan fingerprint density at radius 1 is 1.15 bits per heavy atom. The van der Waals surface area contributed by atoms with Crippen molar-refractivity contribution >= 4 is 17.2 Å². The summed E-state index contributed by atoms with van der Waals surface area (Å²) in [7, 11) is 0. The lowest BCUT2D eigenvalue weighted by molar-refractivity contribution is -0.124. The van der Waals surface area contributed by atoms with E-state index in [-0.39, 0.29) is 17.8 Å². The van der Waals surface area contributed by atoms with Gasteiger partial charge in [0.15, 0.2) is 0 Å². The quantitative estimate of drug-likeness (QED) is 0.664. The summed E-state index contributed by atoms with van der Waals surface area (Å²) in [5.41, 5.74) is 2.40. The number of nitrogens with zero attached hydrogens (tertiary/aromatic N) is 1. The molecule has 1 saturated carbocycles. The van der Waals surface area contributed by atoms with Crippen LogP contribution in [-0.4, -0.2) is 10.9 Å². The number of hydrogen-bond acceptors (Lipinski definition) is 3. The molecule has 1 aromatic heterocycles. The van der Waals surface area contributed by atoms with Gasteiger partial charge >= 0.3 is 0 Å². The normalized spacial score (nSPS) is 16.0. The van der Waals surface area contributed by atoms with Crippen molar-refractivity contribution in [1.29, 1.82) is 0 Å². The van der Waals surface area contributed by atoms with E-state index in [1.54, 1.807) is 23.5 Å². The van der Waals surface area contributed by atoms with Crippen molar-refractivity contribution in [1.82, 2.24) is 10.3 Å². The van der Waals surface area contributed by atoms with Gasteiger partial charge in [-0.3, -0.25) is 4.79 Å². The van der Waals surface area contributed by atoms with Crippen molar-refractivity contribution in [2.45, 2.75) is 38.1 Å². The van der Waals surface area contributed by atoms with E-state index in [1.165, 1.54) is 12.1 Å². The van der Waals surface area contributed by atoms with Gasteiger partial charge in [-0.1, -0.05) is 42.5 Å². The summed E-state index contributed by atoms with van der Waals surface area (Å²) in [6.45, 7) is 3.97.